The maximum atomic E-state index is 14.8. The Bertz CT molecular complexity index is 1770. The van der Waals surface area contributed by atoms with Crippen molar-refractivity contribution in [2.24, 2.45) is 0 Å². The van der Waals surface area contributed by atoms with Gasteiger partial charge in [-0.3, -0.25) is 13.9 Å². The second kappa shape index (κ2) is 15.3. The van der Waals surface area contributed by atoms with Crippen molar-refractivity contribution >= 4 is 27.5 Å². The molecule has 5 rings (SSSR count). The second-order valence-corrected chi connectivity index (χ2v) is 14.1. The van der Waals surface area contributed by atoms with E-state index in [9.17, 15) is 18.0 Å². The zero-order valence-electron chi connectivity index (χ0n) is 27.3. The van der Waals surface area contributed by atoms with Gasteiger partial charge in [-0.25, -0.2) is 8.42 Å². The molecule has 246 valence electrons. The van der Waals surface area contributed by atoms with Crippen LogP contribution in [0.4, 0.5) is 5.69 Å². The average molecular weight is 654 g/mol. The molecule has 1 atom stereocenters. The lowest BCUT2D eigenvalue weighted by molar-refractivity contribution is -0.140. The number of methoxy groups -OCH3 is 1. The molecule has 0 aliphatic heterocycles. The van der Waals surface area contributed by atoms with E-state index in [0.29, 0.717) is 5.75 Å². The molecule has 0 bridgehead atoms. The highest BCUT2D eigenvalue weighted by molar-refractivity contribution is 7.92. The molecule has 0 unspecified atom stereocenters. The van der Waals surface area contributed by atoms with Crippen molar-refractivity contribution in [3.8, 4) is 5.75 Å². The summed E-state index contributed by atoms with van der Waals surface area (Å²) in [5.41, 5.74) is 3.81. The number of nitrogens with one attached hydrogen (secondary N) is 1. The molecule has 4 aromatic rings. The fourth-order valence-corrected chi connectivity index (χ4v) is 7.59. The molecule has 2 amide bonds. The first-order chi connectivity index (χ1) is 22.7. The van der Waals surface area contributed by atoms with Gasteiger partial charge in [0.1, 0.15) is 18.3 Å². The molecule has 0 saturated heterocycles. The minimum Gasteiger partial charge on any atom is -0.495 e. The summed E-state index contributed by atoms with van der Waals surface area (Å²) in [4.78, 5) is 30.5. The highest BCUT2D eigenvalue weighted by atomic mass is 32.2. The van der Waals surface area contributed by atoms with Gasteiger partial charge in [0, 0.05) is 19.0 Å². The van der Waals surface area contributed by atoms with Gasteiger partial charge in [0.2, 0.25) is 11.8 Å². The molecule has 9 heteroatoms. The Balaban J connectivity index is 1.60. The van der Waals surface area contributed by atoms with E-state index in [-0.39, 0.29) is 35.5 Å². The van der Waals surface area contributed by atoms with Crippen LogP contribution in [0.15, 0.2) is 108 Å². The maximum Gasteiger partial charge on any atom is 0.264 e. The van der Waals surface area contributed by atoms with E-state index < -0.39 is 28.5 Å². The smallest absolute Gasteiger partial charge is 0.264 e. The van der Waals surface area contributed by atoms with Crippen LogP contribution in [0.25, 0.3) is 0 Å². The Hall–Kier alpha value is -4.63. The molecule has 0 spiro atoms. The normalized spacial score (nSPS) is 13.9. The third-order valence-electron chi connectivity index (χ3n) is 8.62. The highest BCUT2D eigenvalue weighted by Crippen LogP contribution is 2.34. The fraction of sp³-hybridized carbons (Fsp3) is 0.316. The number of nitrogens with zero attached hydrogens (tertiary/aromatic N) is 2. The summed E-state index contributed by atoms with van der Waals surface area (Å²) >= 11 is 0. The lowest BCUT2D eigenvalue weighted by atomic mass is 10.0. The van der Waals surface area contributed by atoms with Crippen molar-refractivity contribution in [3.63, 3.8) is 0 Å². The molecule has 47 heavy (non-hydrogen) atoms. The monoisotopic (exact) mass is 653 g/mol. The third-order valence-corrected chi connectivity index (χ3v) is 10.4. The summed E-state index contributed by atoms with van der Waals surface area (Å²) in [5, 5.41) is 3.21. The lowest BCUT2D eigenvalue weighted by Gasteiger charge is -2.34. The van der Waals surface area contributed by atoms with Gasteiger partial charge in [0.25, 0.3) is 10.0 Å². The van der Waals surface area contributed by atoms with Gasteiger partial charge in [-0.1, -0.05) is 97.3 Å². The Kier molecular flexibility index (Phi) is 11.0. The number of carbonyl (C=O) groups excluding carboxylic acids is 2. The Labute approximate surface area is 278 Å². The van der Waals surface area contributed by atoms with Crippen molar-refractivity contribution in [2.75, 3.05) is 18.0 Å². The lowest BCUT2D eigenvalue weighted by Crippen LogP contribution is -2.54. The minimum absolute atomic E-state index is 0.0430. The number of hydrogen-bond acceptors (Lipinski definition) is 5. The Morgan fingerprint density at radius 2 is 1.47 bits per heavy atom. The molecular formula is C38H43N3O5S. The second-order valence-electron chi connectivity index (χ2n) is 12.2. The Morgan fingerprint density at radius 3 is 2.13 bits per heavy atom. The summed E-state index contributed by atoms with van der Waals surface area (Å²) < 4.78 is 35.3. The first-order valence-corrected chi connectivity index (χ1v) is 17.5. The van der Waals surface area contributed by atoms with E-state index in [1.807, 2.05) is 74.5 Å². The summed E-state index contributed by atoms with van der Waals surface area (Å²) in [5.74, 6) is -0.433. The van der Waals surface area contributed by atoms with Gasteiger partial charge >= 0.3 is 0 Å². The van der Waals surface area contributed by atoms with Crippen LogP contribution >= 0.6 is 0 Å². The molecule has 1 aliphatic rings. The van der Waals surface area contributed by atoms with Crippen molar-refractivity contribution < 1.29 is 22.7 Å². The molecule has 1 fully saturated rings. The van der Waals surface area contributed by atoms with Gasteiger partial charge in [-0.15, -0.1) is 0 Å². The molecule has 1 aliphatic carbocycles. The zero-order valence-corrected chi connectivity index (χ0v) is 28.1. The first kappa shape index (κ1) is 33.7. The maximum absolute atomic E-state index is 14.8. The van der Waals surface area contributed by atoms with Crippen LogP contribution in [-0.2, 0) is 32.6 Å². The molecule has 1 saturated carbocycles. The van der Waals surface area contributed by atoms with Gasteiger partial charge in [-0.2, -0.15) is 0 Å². The molecule has 1 N–H and O–H groups in total. The minimum atomic E-state index is -4.23. The summed E-state index contributed by atoms with van der Waals surface area (Å²) in [6.07, 6.45) is 4.16. The van der Waals surface area contributed by atoms with E-state index >= 15 is 0 Å². The molecule has 4 aromatic carbocycles. The Morgan fingerprint density at radius 1 is 0.830 bits per heavy atom. The quantitative estimate of drug-likeness (QED) is 0.185. The SMILES string of the molecule is COc1ccc(C)cc1N(CC(=O)N(Cc1cccc(C)c1)[C@@H](Cc1ccccc1)C(=O)NC1CCCC1)S(=O)(=O)c1ccccc1. The number of carbonyl (C=O) groups is 2. The average Bonchev–Trinajstić information content (AvgIpc) is 3.59. The standard InChI is InChI=1S/C38H43N3O5S/c1-28-13-12-16-31(23-28)26-40(35(25-30-14-6-4-7-15-30)38(43)39-32-17-10-11-18-32)37(42)27-41(34-24-29(2)21-22-36(34)46-3)47(44,45)33-19-8-5-9-20-33/h4-9,12-16,19-24,32,35H,10-11,17-18,25-27H2,1-3H3,(H,39,43)/t35-/m0/s1. The number of sulfonamides is 1. The van der Waals surface area contributed by atoms with E-state index in [2.05, 4.69) is 5.32 Å². The first-order valence-electron chi connectivity index (χ1n) is 16.1. The van der Waals surface area contributed by atoms with Crippen LogP contribution in [0.1, 0.15) is 47.9 Å². The fourth-order valence-electron chi connectivity index (χ4n) is 6.16. The van der Waals surface area contributed by atoms with Crippen molar-refractivity contribution in [1.29, 1.82) is 0 Å². The van der Waals surface area contributed by atoms with E-state index in [1.54, 1.807) is 35.2 Å². The molecular weight excluding hydrogens is 611 g/mol. The van der Waals surface area contributed by atoms with Crippen LogP contribution < -0.4 is 14.4 Å². The molecule has 0 radical (unpaired) electrons. The number of anilines is 1. The van der Waals surface area contributed by atoms with Gasteiger partial charge in [0.15, 0.2) is 0 Å². The summed E-state index contributed by atoms with van der Waals surface area (Å²) in [6, 6.07) is 29.8. The number of rotatable bonds is 13. The molecule has 0 aromatic heterocycles. The number of benzene rings is 4. The van der Waals surface area contributed by atoms with Crippen molar-refractivity contribution in [1.82, 2.24) is 10.2 Å². The third kappa shape index (κ3) is 8.40. The van der Waals surface area contributed by atoms with E-state index in [4.69, 9.17) is 4.74 Å². The van der Waals surface area contributed by atoms with E-state index in [1.165, 1.54) is 19.2 Å². The van der Waals surface area contributed by atoms with E-state index in [0.717, 1.165) is 52.2 Å². The molecule has 0 heterocycles. The van der Waals surface area contributed by atoms with Crippen molar-refractivity contribution in [3.05, 3.63) is 125 Å². The largest absolute Gasteiger partial charge is 0.495 e. The van der Waals surface area contributed by atoms with Crippen LogP contribution in [-0.4, -0.2) is 50.9 Å². The number of amides is 2. The van der Waals surface area contributed by atoms with Crippen LogP contribution in [0.3, 0.4) is 0 Å². The van der Waals surface area contributed by atoms with Gasteiger partial charge in [-0.05, 0) is 67.6 Å². The number of hydrogen-bond donors (Lipinski definition) is 1. The highest BCUT2D eigenvalue weighted by Gasteiger charge is 2.36. The van der Waals surface area contributed by atoms with Crippen LogP contribution in [0.5, 0.6) is 5.75 Å². The van der Waals surface area contributed by atoms with Crippen LogP contribution in [0, 0.1) is 13.8 Å². The summed E-state index contributed by atoms with van der Waals surface area (Å²) in [6.45, 7) is 3.42. The predicted octanol–water partition coefficient (Wildman–Crippen LogP) is 6.21. The zero-order chi connectivity index (χ0) is 33.4. The molecule has 8 nitrogen and oxygen atoms in total. The van der Waals surface area contributed by atoms with Gasteiger partial charge in [0.05, 0.1) is 17.7 Å². The summed E-state index contributed by atoms with van der Waals surface area (Å²) in [7, 11) is -2.76. The topological polar surface area (TPSA) is 96.0 Å². The number of aryl methyl sites for hydroxylation is 2. The predicted molar refractivity (Wildman–Crippen MR) is 185 cm³/mol. The number of ether oxygens (including phenoxy) is 1. The van der Waals surface area contributed by atoms with Crippen LogP contribution in [0.2, 0.25) is 0 Å². The van der Waals surface area contributed by atoms with Crippen molar-refractivity contribution in [2.45, 2.75) is 69.5 Å². The van der Waals surface area contributed by atoms with Gasteiger partial charge < -0.3 is 15.0 Å².